The van der Waals surface area contributed by atoms with Crippen molar-refractivity contribution < 1.29 is 27.0 Å². The Labute approximate surface area is 236 Å². The molecule has 0 aromatic heterocycles. The van der Waals surface area contributed by atoms with Crippen molar-refractivity contribution in [1.82, 2.24) is 0 Å². The second kappa shape index (κ2) is 15.7. The van der Waals surface area contributed by atoms with E-state index in [4.69, 9.17) is 9.47 Å². The van der Waals surface area contributed by atoms with E-state index >= 15 is 0 Å². The monoisotopic (exact) mass is 558 g/mol. The zero-order valence-electron chi connectivity index (χ0n) is 23.7. The van der Waals surface area contributed by atoms with Crippen LogP contribution in [0, 0.1) is 0 Å². The number of unbranched alkanes of at least 4 members (excludes halogenated alkanes) is 8. The molecule has 3 aromatic rings. The first-order valence-corrected chi connectivity index (χ1v) is 14.7. The zero-order valence-corrected chi connectivity index (χ0v) is 23.7. The Morgan fingerprint density at radius 2 is 0.775 bits per heavy atom. The van der Waals surface area contributed by atoms with Crippen LogP contribution in [0.4, 0.5) is 17.6 Å². The SMILES string of the molecule is CCCCCCCc1ccc(OC(F)(F)c2ccc(C(F)(F)Oc3ccc(CCCCCCC)cc3)cc2)cc1. The molecule has 0 N–H and O–H groups in total. The average Bonchev–Trinajstić information content (AvgIpc) is 2.94. The maximum Gasteiger partial charge on any atom is 0.426 e. The highest BCUT2D eigenvalue weighted by Gasteiger charge is 2.38. The van der Waals surface area contributed by atoms with Crippen LogP contribution in [0.25, 0.3) is 0 Å². The van der Waals surface area contributed by atoms with Crippen molar-refractivity contribution in [2.45, 2.75) is 103 Å². The third kappa shape index (κ3) is 10.2. The van der Waals surface area contributed by atoms with E-state index in [1.54, 1.807) is 24.3 Å². The van der Waals surface area contributed by atoms with Gasteiger partial charge in [-0.25, -0.2) is 0 Å². The summed E-state index contributed by atoms with van der Waals surface area (Å²) in [4.78, 5) is 0. The fourth-order valence-electron chi connectivity index (χ4n) is 4.59. The Balaban J connectivity index is 1.53. The summed E-state index contributed by atoms with van der Waals surface area (Å²) in [5.41, 5.74) is 1.09. The van der Waals surface area contributed by atoms with Gasteiger partial charge < -0.3 is 9.47 Å². The molecule has 0 aliphatic carbocycles. The molecule has 218 valence electrons. The minimum atomic E-state index is -3.68. The molecule has 0 heterocycles. The normalized spacial score (nSPS) is 11.9. The molecule has 6 heteroatoms. The van der Waals surface area contributed by atoms with E-state index in [2.05, 4.69) is 13.8 Å². The summed E-state index contributed by atoms with van der Waals surface area (Å²) in [7, 11) is 0. The van der Waals surface area contributed by atoms with Crippen LogP contribution in [-0.2, 0) is 25.1 Å². The number of ether oxygens (including phenoxy) is 2. The van der Waals surface area contributed by atoms with Gasteiger partial charge in [-0.15, -0.1) is 0 Å². The van der Waals surface area contributed by atoms with Gasteiger partial charge in [0.25, 0.3) is 0 Å². The predicted octanol–water partition coefficient (Wildman–Crippen LogP) is 11.0. The van der Waals surface area contributed by atoms with E-state index in [9.17, 15) is 17.6 Å². The lowest BCUT2D eigenvalue weighted by Crippen LogP contribution is -2.24. The largest absolute Gasteiger partial charge is 0.429 e. The average molecular weight is 559 g/mol. The highest BCUT2D eigenvalue weighted by molar-refractivity contribution is 5.32. The first kappa shape index (κ1) is 31.5. The molecule has 0 aliphatic rings. The molecule has 0 amide bonds. The number of hydrogen-bond acceptors (Lipinski definition) is 2. The summed E-state index contributed by atoms with van der Waals surface area (Å²) in [5.74, 6) is 0.0313. The molecule has 0 bridgehead atoms. The molecule has 0 unspecified atom stereocenters. The summed E-state index contributed by atoms with van der Waals surface area (Å²) in [6.45, 7) is 4.34. The summed E-state index contributed by atoms with van der Waals surface area (Å²) in [5, 5.41) is 0. The van der Waals surface area contributed by atoms with Crippen molar-refractivity contribution in [2.75, 3.05) is 0 Å². The Kier molecular flexibility index (Phi) is 12.4. The van der Waals surface area contributed by atoms with E-state index < -0.39 is 23.3 Å². The predicted molar refractivity (Wildman–Crippen MR) is 153 cm³/mol. The molecule has 0 aliphatic heterocycles. The second-order valence-corrected chi connectivity index (χ2v) is 10.4. The van der Waals surface area contributed by atoms with Crippen LogP contribution in [-0.4, -0.2) is 0 Å². The fourth-order valence-corrected chi connectivity index (χ4v) is 4.59. The first-order chi connectivity index (χ1) is 19.2. The van der Waals surface area contributed by atoms with Crippen LogP contribution in [0.15, 0.2) is 72.8 Å². The number of benzene rings is 3. The fraction of sp³-hybridized carbons (Fsp3) is 0.471. The van der Waals surface area contributed by atoms with E-state index in [1.165, 1.54) is 62.8 Å². The Morgan fingerprint density at radius 1 is 0.450 bits per heavy atom. The van der Waals surface area contributed by atoms with Crippen molar-refractivity contribution in [3.05, 3.63) is 95.1 Å². The molecule has 0 atom stereocenters. The molecule has 0 saturated heterocycles. The van der Waals surface area contributed by atoms with E-state index in [0.717, 1.165) is 73.9 Å². The van der Waals surface area contributed by atoms with Gasteiger partial charge in [0.1, 0.15) is 11.5 Å². The maximum absolute atomic E-state index is 14.8. The quantitative estimate of drug-likeness (QED) is 0.114. The van der Waals surface area contributed by atoms with Crippen molar-refractivity contribution >= 4 is 0 Å². The van der Waals surface area contributed by atoms with Gasteiger partial charge in [-0.1, -0.05) is 89.5 Å². The van der Waals surface area contributed by atoms with Crippen LogP contribution in [0.5, 0.6) is 11.5 Å². The molecule has 2 nitrogen and oxygen atoms in total. The molecule has 0 spiro atoms. The van der Waals surface area contributed by atoms with E-state index in [1.807, 2.05) is 0 Å². The Morgan fingerprint density at radius 3 is 1.10 bits per heavy atom. The van der Waals surface area contributed by atoms with Crippen LogP contribution < -0.4 is 9.47 Å². The molecule has 3 aromatic carbocycles. The number of rotatable bonds is 18. The lowest BCUT2D eigenvalue weighted by molar-refractivity contribution is -0.188. The van der Waals surface area contributed by atoms with Gasteiger partial charge in [0, 0.05) is 0 Å². The maximum atomic E-state index is 14.8. The minimum absolute atomic E-state index is 0.0156. The summed E-state index contributed by atoms with van der Waals surface area (Å²) >= 11 is 0. The first-order valence-electron chi connectivity index (χ1n) is 14.7. The molecule has 40 heavy (non-hydrogen) atoms. The highest BCUT2D eigenvalue weighted by Crippen LogP contribution is 2.36. The lowest BCUT2D eigenvalue weighted by atomic mass is 10.1. The van der Waals surface area contributed by atoms with Gasteiger partial charge in [0.05, 0.1) is 11.1 Å². The number of alkyl halides is 4. The van der Waals surface area contributed by atoms with Crippen molar-refractivity contribution in [2.24, 2.45) is 0 Å². The van der Waals surface area contributed by atoms with Crippen LogP contribution in [0.1, 0.15) is 100 Å². The third-order valence-electron chi connectivity index (χ3n) is 7.03. The summed E-state index contributed by atoms with van der Waals surface area (Å²) < 4.78 is 69.0. The van der Waals surface area contributed by atoms with Crippen LogP contribution >= 0.6 is 0 Å². The Hall–Kier alpha value is -3.02. The van der Waals surface area contributed by atoms with Crippen LogP contribution in [0.2, 0.25) is 0 Å². The molecule has 0 saturated carbocycles. The van der Waals surface area contributed by atoms with Gasteiger partial charge in [0.15, 0.2) is 0 Å². The van der Waals surface area contributed by atoms with Gasteiger partial charge in [0.2, 0.25) is 0 Å². The standard InChI is InChI=1S/C34H42F4O2/c1-3-5-7-9-11-13-27-15-23-31(24-16-27)39-33(35,36)29-19-21-30(22-20-29)34(37,38)40-32-25-17-28(18-26-32)14-12-10-8-6-4-2/h15-26H,3-14H2,1-2H3. The number of hydrogen-bond donors (Lipinski definition) is 0. The van der Waals surface area contributed by atoms with E-state index in [-0.39, 0.29) is 11.5 Å². The smallest absolute Gasteiger partial charge is 0.426 e. The molecular weight excluding hydrogens is 516 g/mol. The van der Waals surface area contributed by atoms with Gasteiger partial charge in [-0.2, -0.15) is 17.6 Å². The molecular formula is C34H42F4O2. The van der Waals surface area contributed by atoms with Gasteiger partial charge in [-0.3, -0.25) is 0 Å². The molecule has 0 radical (unpaired) electrons. The molecule has 0 fully saturated rings. The lowest BCUT2D eigenvalue weighted by Gasteiger charge is -2.21. The minimum Gasteiger partial charge on any atom is -0.429 e. The summed E-state index contributed by atoms with van der Waals surface area (Å²) in [6, 6.07) is 17.0. The third-order valence-corrected chi connectivity index (χ3v) is 7.03. The van der Waals surface area contributed by atoms with Gasteiger partial charge in [-0.05, 0) is 85.3 Å². The number of aryl methyl sites for hydroxylation is 2. The van der Waals surface area contributed by atoms with E-state index in [0.29, 0.717) is 0 Å². The number of halogens is 4. The van der Waals surface area contributed by atoms with Crippen molar-refractivity contribution in [3.8, 4) is 11.5 Å². The topological polar surface area (TPSA) is 18.5 Å². The second-order valence-electron chi connectivity index (χ2n) is 10.4. The van der Waals surface area contributed by atoms with Crippen LogP contribution in [0.3, 0.4) is 0 Å². The van der Waals surface area contributed by atoms with Crippen molar-refractivity contribution in [3.63, 3.8) is 0 Å². The van der Waals surface area contributed by atoms with Gasteiger partial charge >= 0.3 is 12.2 Å². The van der Waals surface area contributed by atoms with Crippen molar-refractivity contribution in [1.29, 1.82) is 0 Å². The zero-order chi connectivity index (χ0) is 28.8. The molecule has 3 rings (SSSR count). The Bertz CT molecular complexity index is 1020. The summed E-state index contributed by atoms with van der Waals surface area (Å²) in [6.07, 6.45) is 6.06. The highest BCUT2D eigenvalue weighted by atomic mass is 19.3.